The normalized spacial score (nSPS) is 12.1. The van der Waals surface area contributed by atoms with Crippen LogP contribution in [0, 0.1) is 0 Å². The second kappa shape index (κ2) is 8.49. The summed E-state index contributed by atoms with van der Waals surface area (Å²) in [5, 5.41) is 15.3. The Morgan fingerprint density at radius 1 is 1.21 bits per heavy atom. The molecule has 0 spiro atoms. The molecule has 0 saturated carbocycles. The summed E-state index contributed by atoms with van der Waals surface area (Å²) >= 11 is 0. The quantitative estimate of drug-likeness (QED) is 0.681. The first kappa shape index (κ1) is 18.0. The molecular weight excluding hydrogens is 306 g/mol. The van der Waals surface area contributed by atoms with Gasteiger partial charge in [0.25, 0.3) is 0 Å². The number of aliphatic hydroxyl groups excluding tert-OH is 1. The summed E-state index contributed by atoms with van der Waals surface area (Å²) < 4.78 is 2.12. The average Bonchev–Trinajstić information content (AvgIpc) is 2.97. The largest absolute Gasteiger partial charge is 0.396 e. The lowest BCUT2D eigenvalue weighted by atomic mass is 10.1. The SMILES string of the molecule is CCCn1ccc2ccc(NC(=O)C(=O)NC(CC)CCO)cc21. The van der Waals surface area contributed by atoms with E-state index >= 15 is 0 Å². The molecule has 6 heteroatoms. The molecule has 3 N–H and O–H groups in total. The minimum atomic E-state index is -0.695. The van der Waals surface area contributed by atoms with Crippen LogP contribution in [0.15, 0.2) is 30.5 Å². The Balaban J connectivity index is 2.06. The molecule has 0 bridgehead atoms. The summed E-state index contributed by atoms with van der Waals surface area (Å²) in [6.07, 6.45) is 4.14. The molecule has 1 atom stereocenters. The van der Waals surface area contributed by atoms with Crippen molar-refractivity contribution in [1.29, 1.82) is 0 Å². The van der Waals surface area contributed by atoms with Gasteiger partial charge in [0.1, 0.15) is 0 Å². The molecule has 0 aliphatic rings. The van der Waals surface area contributed by atoms with Gasteiger partial charge in [-0.15, -0.1) is 0 Å². The number of nitrogens with one attached hydrogen (secondary N) is 2. The number of aliphatic hydroxyl groups is 1. The van der Waals surface area contributed by atoms with Gasteiger partial charge in [-0.05, 0) is 42.8 Å². The number of amides is 2. The number of aromatic nitrogens is 1. The second-order valence-electron chi connectivity index (χ2n) is 5.83. The minimum absolute atomic E-state index is 0.0223. The number of carbonyl (C=O) groups is 2. The number of fused-ring (bicyclic) bond motifs is 1. The lowest BCUT2D eigenvalue weighted by molar-refractivity contribution is -0.136. The highest BCUT2D eigenvalue weighted by Gasteiger charge is 2.17. The van der Waals surface area contributed by atoms with Crippen LogP contribution in [0.25, 0.3) is 10.9 Å². The Labute approximate surface area is 141 Å². The molecular formula is C18H25N3O3. The summed E-state index contributed by atoms with van der Waals surface area (Å²) in [4.78, 5) is 24.0. The highest BCUT2D eigenvalue weighted by Crippen LogP contribution is 2.21. The van der Waals surface area contributed by atoms with Gasteiger partial charge in [-0.25, -0.2) is 0 Å². The third-order valence-corrected chi connectivity index (χ3v) is 4.01. The fourth-order valence-electron chi connectivity index (χ4n) is 2.67. The Morgan fingerprint density at radius 3 is 2.67 bits per heavy atom. The third-order valence-electron chi connectivity index (χ3n) is 4.01. The van der Waals surface area contributed by atoms with Crippen LogP contribution in [0.4, 0.5) is 5.69 Å². The summed E-state index contributed by atoms with van der Waals surface area (Å²) in [5.74, 6) is -1.38. The number of aryl methyl sites for hydroxylation is 1. The van der Waals surface area contributed by atoms with Crippen molar-refractivity contribution < 1.29 is 14.7 Å². The number of rotatable bonds is 7. The molecule has 2 amide bonds. The standard InChI is InChI=1S/C18H25N3O3/c1-3-9-21-10-7-13-5-6-15(12-16(13)21)20-18(24)17(23)19-14(4-2)8-11-22/h5-7,10,12,14,22H,3-4,8-9,11H2,1-2H3,(H,19,23)(H,20,24). The zero-order valence-corrected chi connectivity index (χ0v) is 14.2. The van der Waals surface area contributed by atoms with Crippen molar-refractivity contribution in [2.45, 2.75) is 45.7 Å². The van der Waals surface area contributed by atoms with E-state index in [2.05, 4.69) is 22.1 Å². The van der Waals surface area contributed by atoms with Crippen LogP contribution in [0.5, 0.6) is 0 Å². The van der Waals surface area contributed by atoms with Gasteiger partial charge in [0.2, 0.25) is 0 Å². The molecule has 1 heterocycles. The van der Waals surface area contributed by atoms with Crippen LogP contribution < -0.4 is 10.6 Å². The van der Waals surface area contributed by atoms with Crippen molar-refractivity contribution >= 4 is 28.4 Å². The number of carbonyl (C=O) groups excluding carboxylic acids is 2. The maximum Gasteiger partial charge on any atom is 0.313 e. The van der Waals surface area contributed by atoms with E-state index < -0.39 is 11.8 Å². The van der Waals surface area contributed by atoms with Gasteiger partial charge in [0, 0.05) is 31.1 Å². The van der Waals surface area contributed by atoms with E-state index in [1.165, 1.54) is 0 Å². The Bertz CT molecular complexity index is 709. The maximum absolute atomic E-state index is 12.1. The van der Waals surface area contributed by atoms with Gasteiger partial charge in [-0.2, -0.15) is 0 Å². The molecule has 0 aliphatic carbocycles. The van der Waals surface area contributed by atoms with Crippen molar-refractivity contribution in [3.05, 3.63) is 30.5 Å². The maximum atomic E-state index is 12.1. The minimum Gasteiger partial charge on any atom is -0.396 e. The molecule has 1 aromatic heterocycles. The molecule has 6 nitrogen and oxygen atoms in total. The lowest BCUT2D eigenvalue weighted by Gasteiger charge is -2.15. The van der Waals surface area contributed by atoms with Gasteiger partial charge in [0.05, 0.1) is 5.52 Å². The topological polar surface area (TPSA) is 83.4 Å². The third kappa shape index (κ3) is 4.35. The molecule has 1 unspecified atom stereocenters. The first-order valence-corrected chi connectivity index (χ1v) is 8.40. The van der Waals surface area contributed by atoms with E-state index in [-0.39, 0.29) is 12.6 Å². The van der Waals surface area contributed by atoms with Crippen LogP contribution in [0.3, 0.4) is 0 Å². The highest BCUT2D eigenvalue weighted by molar-refractivity contribution is 6.39. The fourth-order valence-corrected chi connectivity index (χ4v) is 2.67. The number of nitrogens with zero attached hydrogens (tertiary/aromatic N) is 1. The first-order chi connectivity index (χ1) is 11.6. The van der Waals surface area contributed by atoms with Crippen molar-refractivity contribution in [3.63, 3.8) is 0 Å². The van der Waals surface area contributed by atoms with Gasteiger partial charge in [0.15, 0.2) is 0 Å². The Kier molecular flexibility index (Phi) is 6.37. The molecule has 2 rings (SSSR count). The summed E-state index contributed by atoms with van der Waals surface area (Å²) in [7, 11) is 0. The van der Waals surface area contributed by atoms with Crippen LogP contribution in [-0.2, 0) is 16.1 Å². The number of benzene rings is 1. The zero-order valence-electron chi connectivity index (χ0n) is 14.2. The summed E-state index contributed by atoms with van der Waals surface area (Å²) in [6, 6.07) is 7.42. The van der Waals surface area contributed by atoms with E-state index in [1.54, 1.807) is 6.07 Å². The Morgan fingerprint density at radius 2 is 2.00 bits per heavy atom. The monoisotopic (exact) mass is 331 g/mol. The molecule has 0 saturated heterocycles. The number of hydrogen-bond donors (Lipinski definition) is 3. The lowest BCUT2D eigenvalue weighted by Crippen LogP contribution is -2.42. The Hall–Kier alpha value is -2.34. The van der Waals surface area contributed by atoms with E-state index in [0.29, 0.717) is 18.5 Å². The zero-order chi connectivity index (χ0) is 17.5. The molecule has 2 aromatic rings. The number of hydrogen-bond acceptors (Lipinski definition) is 3. The predicted octanol–water partition coefficient (Wildman–Crippen LogP) is 2.27. The molecule has 0 fully saturated rings. The van der Waals surface area contributed by atoms with Gasteiger partial charge in [-0.1, -0.05) is 19.9 Å². The van der Waals surface area contributed by atoms with Gasteiger partial charge < -0.3 is 20.3 Å². The van der Waals surface area contributed by atoms with E-state index in [1.807, 2.05) is 31.3 Å². The molecule has 0 radical (unpaired) electrons. The van der Waals surface area contributed by atoms with E-state index in [4.69, 9.17) is 5.11 Å². The van der Waals surface area contributed by atoms with Gasteiger partial charge in [-0.3, -0.25) is 9.59 Å². The van der Waals surface area contributed by atoms with E-state index in [9.17, 15) is 9.59 Å². The van der Waals surface area contributed by atoms with Gasteiger partial charge >= 0.3 is 11.8 Å². The highest BCUT2D eigenvalue weighted by atomic mass is 16.3. The predicted molar refractivity (Wildman–Crippen MR) is 94.8 cm³/mol. The fraction of sp³-hybridized carbons (Fsp3) is 0.444. The van der Waals surface area contributed by atoms with Crippen LogP contribution >= 0.6 is 0 Å². The first-order valence-electron chi connectivity index (χ1n) is 8.40. The summed E-state index contributed by atoms with van der Waals surface area (Å²) in [6.45, 7) is 4.89. The van der Waals surface area contributed by atoms with Crippen molar-refractivity contribution in [1.82, 2.24) is 9.88 Å². The second-order valence-corrected chi connectivity index (χ2v) is 5.83. The summed E-state index contributed by atoms with van der Waals surface area (Å²) in [5.41, 5.74) is 1.62. The smallest absolute Gasteiger partial charge is 0.313 e. The van der Waals surface area contributed by atoms with Crippen molar-refractivity contribution in [2.75, 3.05) is 11.9 Å². The molecule has 130 valence electrons. The molecule has 1 aromatic carbocycles. The average molecular weight is 331 g/mol. The van der Waals surface area contributed by atoms with Crippen LogP contribution in [-0.4, -0.2) is 34.1 Å². The molecule has 24 heavy (non-hydrogen) atoms. The van der Waals surface area contributed by atoms with Crippen molar-refractivity contribution in [2.24, 2.45) is 0 Å². The van der Waals surface area contributed by atoms with Crippen LogP contribution in [0.2, 0.25) is 0 Å². The number of anilines is 1. The molecule has 0 aliphatic heterocycles. The van der Waals surface area contributed by atoms with Crippen LogP contribution in [0.1, 0.15) is 33.1 Å². The van der Waals surface area contributed by atoms with Crippen molar-refractivity contribution in [3.8, 4) is 0 Å². The van der Waals surface area contributed by atoms with E-state index in [0.717, 1.165) is 23.9 Å².